The summed E-state index contributed by atoms with van der Waals surface area (Å²) in [6.07, 6.45) is -0.820. The molecule has 0 saturated carbocycles. The number of methoxy groups -OCH3 is 1. The number of ether oxygens (including phenoxy) is 2. The molecule has 24 heavy (non-hydrogen) atoms. The van der Waals surface area contributed by atoms with Crippen LogP contribution in [-0.2, 0) is 9.47 Å². The van der Waals surface area contributed by atoms with Crippen molar-refractivity contribution in [1.82, 2.24) is 15.0 Å². The Hall–Kier alpha value is -1.94. The number of hydrogen-bond acceptors (Lipinski definition) is 6. The summed E-state index contributed by atoms with van der Waals surface area (Å²) in [6.45, 7) is -0.178. The molecule has 1 saturated heterocycles. The summed E-state index contributed by atoms with van der Waals surface area (Å²) in [5.74, 6) is -1.93. The largest absolute Gasteiger partial charge is 0.394 e. The van der Waals surface area contributed by atoms with Crippen LogP contribution in [0.1, 0.15) is 6.04 Å². The van der Waals surface area contributed by atoms with Gasteiger partial charge in [0.25, 0.3) is 0 Å². The first-order chi connectivity index (χ1) is 11.5. The van der Waals surface area contributed by atoms with Gasteiger partial charge in [-0.25, -0.2) is 13.5 Å². The van der Waals surface area contributed by atoms with Gasteiger partial charge in [-0.05, 0) is 18.2 Å². The van der Waals surface area contributed by atoms with Crippen molar-refractivity contribution in [2.75, 3.05) is 20.3 Å². The number of benzene rings is 1. The highest BCUT2D eigenvalue weighted by molar-refractivity contribution is 5.57. The molecule has 2 heterocycles. The lowest BCUT2D eigenvalue weighted by Gasteiger charge is -2.38. The van der Waals surface area contributed by atoms with E-state index in [0.717, 1.165) is 12.1 Å². The third-order valence-corrected chi connectivity index (χ3v) is 4.10. The highest BCUT2D eigenvalue weighted by Crippen LogP contribution is 2.29. The minimum atomic E-state index is -1.06. The highest BCUT2D eigenvalue weighted by Gasteiger charge is 2.41. The molecule has 2 N–H and O–H groups in total. The molecular weight excluding hydrogens is 324 g/mol. The molecule has 1 aromatic carbocycles. The van der Waals surface area contributed by atoms with E-state index in [1.54, 1.807) is 0 Å². The summed E-state index contributed by atoms with van der Waals surface area (Å²) in [5.41, 5.74) is 0.678. The quantitative estimate of drug-likeness (QED) is 0.843. The lowest BCUT2D eigenvalue weighted by Crippen LogP contribution is -2.52. The number of nitrogens with zero attached hydrogens (tertiary/aromatic N) is 3. The average molecular weight is 341 g/mol. The summed E-state index contributed by atoms with van der Waals surface area (Å²) < 4.78 is 38.4. The van der Waals surface area contributed by atoms with Crippen molar-refractivity contribution in [2.24, 2.45) is 0 Å². The Morgan fingerprint density at radius 2 is 2.17 bits per heavy atom. The fourth-order valence-corrected chi connectivity index (χ4v) is 2.76. The third kappa shape index (κ3) is 3.03. The zero-order chi connectivity index (χ0) is 17.3. The standard InChI is InChI=1S/C15H17F2N3O4/c1-23-13-7-24-12(6-21)15(22)14(13)20-5-11(18-19-20)8-2-3-9(16)10(17)4-8/h2-5,12-15,21-22H,6-7H2,1H3. The second-order valence-corrected chi connectivity index (χ2v) is 5.52. The fraction of sp³-hybridized carbons (Fsp3) is 0.467. The van der Waals surface area contributed by atoms with Crippen LogP contribution in [0.15, 0.2) is 24.4 Å². The molecule has 1 aromatic heterocycles. The van der Waals surface area contributed by atoms with Gasteiger partial charge >= 0.3 is 0 Å². The van der Waals surface area contributed by atoms with E-state index in [-0.39, 0.29) is 13.2 Å². The Kier molecular flexibility index (Phi) is 4.86. The number of hydrogen-bond donors (Lipinski definition) is 2. The molecule has 4 atom stereocenters. The Labute approximate surface area is 136 Å². The van der Waals surface area contributed by atoms with Gasteiger partial charge < -0.3 is 19.7 Å². The lowest BCUT2D eigenvalue weighted by molar-refractivity contribution is -0.174. The summed E-state index contributed by atoms with van der Waals surface area (Å²) in [6, 6.07) is 2.78. The van der Waals surface area contributed by atoms with Crippen molar-refractivity contribution >= 4 is 0 Å². The van der Waals surface area contributed by atoms with E-state index in [2.05, 4.69) is 10.3 Å². The first-order valence-corrected chi connectivity index (χ1v) is 7.35. The molecule has 7 nitrogen and oxygen atoms in total. The van der Waals surface area contributed by atoms with Crippen LogP contribution in [0.2, 0.25) is 0 Å². The fourth-order valence-electron chi connectivity index (χ4n) is 2.76. The normalized spacial score (nSPS) is 27.4. The van der Waals surface area contributed by atoms with Gasteiger partial charge in [-0.3, -0.25) is 0 Å². The zero-order valence-corrected chi connectivity index (χ0v) is 12.8. The second kappa shape index (κ2) is 6.89. The van der Waals surface area contributed by atoms with E-state index in [1.807, 2.05) is 0 Å². The highest BCUT2D eigenvalue weighted by atomic mass is 19.2. The molecule has 1 fully saturated rings. The molecular formula is C15H17F2N3O4. The number of aliphatic hydroxyl groups is 2. The lowest BCUT2D eigenvalue weighted by atomic mass is 9.97. The van der Waals surface area contributed by atoms with E-state index in [0.29, 0.717) is 11.3 Å². The van der Waals surface area contributed by atoms with E-state index in [1.165, 1.54) is 24.1 Å². The molecule has 0 bridgehead atoms. The molecule has 2 aromatic rings. The van der Waals surface area contributed by atoms with Crippen LogP contribution in [0, 0.1) is 11.6 Å². The van der Waals surface area contributed by atoms with Crippen LogP contribution >= 0.6 is 0 Å². The van der Waals surface area contributed by atoms with Crippen molar-refractivity contribution in [2.45, 2.75) is 24.4 Å². The second-order valence-electron chi connectivity index (χ2n) is 5.52. The Morgan fingerprint density at radius 3 is 2.83 bits per heavy atom. The smallest absolute Gasteiger partial charge is 0.159 e. The molecule has 0 spiro atoms. The van der Waals surface area contributed by atoms with Gasteiger partial charge in [0.2, 0.25) is 0 Å². The maximum atomic E-state index is 13.4. The van der Waals surface area contributed by atoms with Crippen molar-refractivity contribution in [3.05, 3.63) is 36.0 Å². The predicted molar refractivity (Wildman–Crippen MR) is 78.0 cm³/mol. The van der Waals surface area contributed by atoms with Crippen LogP contribution in [0.3, 0.4) is 0 Å². The van der Waals surface area contributed by atoms with Crippen LogP contribution in [0.25, 0.3) is 11.3 Å². The van der Waals surface area contributed by atoms with Gasteiger partial charge in [-0.1, -0.05) is 5.21 Å². The van der Waals surface area contributed by atoms with Gasteiger partial charge in [0, 0.05) is 12.7 Å². The topological polar surface area (TPSA) is 89.6 Å². The molecule has 9 heteroatoms. The van der Waals surface area contributed by atoms with Gasteiger partial charge in [-0.2, -0.15) is 0 Å². The minimum absolute atomic E-state index is 0.170. The molecule has 0 amide bonds. The number of aliphatic hydroxyl groups excluding tert-OH is 2. The third-order valence-electron chi connectivity index (χ3n) is 4.10. The van der Waals surface area contributed by atoms with Crippen LogP contribution in [0.5, 0.6) is 0 Å². The minimum Gasteiger partial charge on any atom is -0.394 e. The number of rotatable bonds is 4. The van der Waals surface area contributed by atoms with Crippen molar-refractivity contribution < 1.29 is 28.5 Å². The van der Waals surface area contributed by atoms with Gasteiger partial charge in [0.15, 0.2) is 11.6 Å². The molecule has 0 aliphatic carbocycles. The van der Waals surface area contributed by atoms with Crippen LogP contribution in [-0.4, -0.2) is 63.8 Å². The van der Waals surface area contributed by atoms with Gasteiger partial charge in [0.1, 0.15) is 30.0 Å². The summed E-state index contributed by atoms with van der Waals surface area (Å²) in [4.78, 5) is 0. The van der Waals surface area contributed by atoms with Gasteiger partial charge in [0.05, 0.1) is 19.4 Å². The Balaban J connectivity index is 1.91. The molecule has 3 rings (SSSR count). The average Bonchev–Trinajstić information content (AvgIpc) is 3.06. The predicted octanol–water partition coefficient (Wildman–Crippen LogP) is 0.531. The van der Waals surface area contributed by atoms with E-state index >= 15 is 0 Å². The maximum absolute atomic E-state index is 13.4. The van der Waals surface area contributed by atoms with E-state index in [4.69, 9.17) is 9.47 Å². The van der Waals surface area contributed by atoms with Crippen molar-refractivity contribution in [3.8, 4) is 11.3 Å². The van der Waals surface area contributed by atoms with Crippen LogP contribution < -0.4 is 0 Å². The van der Waals surface area contributed by atoms with E-state index < -0.39 is 36.0 Å². The summed E-state index contributed by atoms with van der Waals surface area (Å²) >= 11 is 0. The monoisotopic (exact) mass is 341 g/mol. The Morgan fingerprint density at radius 1 is 1.38 bits per heavy atom. The SMILES string of the molecule is COC1COC(CO)C(O)C1n1cc(-c2ccc(F)c(F)c2)nn1. The van der Waals surface area contributed by atoms with Crippen molar-refractivity contribution in [1.29, 1.82) is 0 Å². The molecule has 1 aliphatic rings. The summed E-state index contributed by atoms with van der Waals surface area (Å²) in [5, 5.41) is 27.6. The van der Waals surface area contributed by atoms with E-state index in [9.17, 15) is 19.0 Å². The first-order valence-electron chi connectivity index (χ1n) is 7.35. The number of aromatic nitrogens is 3. The zero-order valence-electron chi connectivity index (χ0n) is 12.8. The van der Waals surface area contributed by atoms with Crippen LogP contribution in [0.4, 0.5) is 8.78 Å². The molecule has 0 radical (unpaired) electrons. The molecule has 130 valence electrons. The maximum Gasteiger partial charge on any atom is 0.159 e. The molecule has 4 unspecified atom stereocenters. The van der Waals surface area contributed by atoms with Crippen molar-refractivity contribution in [3.63, 3.8) is 0 Å². The number of halogens is 2. The Bertz CT molecular complexity index is 712. The first kappa shape index (κ1) is 16.9. The molecule has 1 aliphatic heterocycles. The van der Waals surface area contributed by atoms with Gasteiger partial charge in [-0.15, -0.1) is 5.10 Å². The summed E-state index contributed by atoms with van der Waals surface area (Å²) in [7, 11) is 1.47.